The van der Waals surface area contributed by atoms with Crippen molar-refractivity contribution in [3.63, 3.8) is 0 Å². The molecule has 43 heavy (non-hydrogen) atoms. The fraction of sp³-hybridized carbons (Fsp3) is 0.410. The number of fused-ring (bicyclic) bond motifs is 4. The molecule has 0 fully saturated rings. The van der Waals surface area contributed by atoms with Gasteiger partial charge in [-0.05, 0) is 35.0 Å². The van der Waals surface area contributed by atoms with Gasteiger partial charge in [0.05, 0.1) is 0 Å². The van der Waals surface area contributed by atoms with Crippen LogP contribution in [0.2, 0.25) is 0 Å². The van der Waals surface area contributed by atoms with Gasteiger partial charge in [-0.2, -0.15) is 0 Å². The average Bonchev–Trinajstić information content (AvgIpc) is 2.95. The van der Waals surface area contributed by atoms with Gasteiger partial charge in [-0.3, -0.25) is 0 Å². The second-order valence-electron chi connectivity index (χ2n) is 13.4. The van der Waals surface area contributed by atoms with Gasteiger partial charge in [0, 0.05) is 12.1 Å². The van der Waals surface area contributed by atoms with E-state index in [0.717, 1.165) is 6.42 Å². The van der Waals surface area contributed by atoms with E-state index < -0.39 is 0 Å². The van der Waals surface area contributed by atoms with Gasteiger partial charge >= 0.3 is 20.1 Å². The first kappa shape index (κ1) is 33.3. The smallest absolute Gasteiger partial charge is 0.672 e. The van der Waals surface area contributed by atoms with E-state index in [-0.39, 0.29) is 31.7 Å². The van der Waals surface area contributed by atoms with Gasteiger partial charge in [-0.25, -0.2) is 6.17 Å². The van der Waals surface area contributed by atoms with Crippen molar-refractivity contribution in [3.8, 4) is 0 Å². The third kappa shape index (κ3) is 7.21. The molecule has 0 aromatic heterocycles. The standard InChI is InChI=1S/C26H26N.C13H20N2.Ir/c1-16(2)13-17-11-12-19-15-27-25-20-9-5-7-18-8-6-10-22(23(18)20)26(3,4)24(25)21(19)14-17;1-10(2)14-13(15-11(3)4)12-8-6-5-7-9-12;/h5-8,10-12,14-16,21,24H,13H2,1-4H3;5-11,13H,1-4H3;/q-1;-2;+3. The number of rotatable bonds is 7. The molecule has 4 heteroatoms. The van der Waals surface area contributed by atoms with Crippen LogP contribution in [0, 0.1) is 23.8 Å². The van der Waals surface area contributed by atoms with Crippen molar-refractivity contribution in [1.82, 2.24) is 0 Å². The molecule has 0 radical (unpaired) electrons. The number of benzene rings is 3. The second-order valence-corrected chi connectivity index (χ2v) is 13.4. The summed E-state index contributed by atoms with van der Waals surface area (Å²) in [5.41, 5.74) is 7.87. The molecule has 3 aromatic carbocycles. The minimum absolute atomic E-state index is 0. The zero-order valence-electron chi connectivity index (χ0n) is 26.9. The van der Waals surface area contributed by atoms with E-state index >= 15 is 0 Å². The summed E-state index contributed by atoms with van der Waals surface area (Å²) in [4.78, 5) is 4.98. The van der Waals surface area contributed by atoms with Crippen LogP contribution < -0.4 is 0 Å². The molecule has 0 saturated heterocycles. The first-order chi connectivity index (χ1) is 20.1. The molecule has 6 rings (SSSR count). The van der Waals surface area contributed by atoms with Crippen LogP contribution in [0.1, 0.15) is 84.7 Å². The zero-order chi connectivity index (χ0) is 30.0. The molecule has 1 aliphatic heterocycles. The largest absolute Gasteiger partial charge is 3.00 e. The van der Waals surface area contributed by atoms with Crippen molar-refractivity contribution in [3.05, 3.63) is 130 Å². The summed E-state index contributed by atoms with van der Waals surface area (Å²) in [6.45, 7) is 17.7. The first-order valence-corrected chi connectivity index (χ1v) is 15.6. The number of allylic oxidation sites excluding steroid dienone is 5. The molecule has 2 unspecified atom stereocenters. The number of hydrogen-bond donors (Lipinski definition) is 0. The van der Waals surface area contributed by atoms with Crippen LogP contribution in [0.4, 0.5) is 0 Å². The van der Waals surface area contributed by atoms with Gasteiger partial charge in [0.1, 0.15) is 0 Å². The quantitative estimate of drug-likeness (QED) is 0.216. The van der Waals surface area contributed by atoms with E-state index in [1.165, 1.54) is 44.3 Å². The van der Waals surface area contributed by atoms with Gasteiger partial charge in [0.25, 0.3) is 0 Å². The molecular weight excluding hydrogens is 703 g/mol. The van der Waals surface area contributed by atoms with Crippen LogP contribution in [0.15, 0.2) is 101 Å². The maximum absolute atomic E-state index is 4.98. The van der Waals surface area contributed by atoms with E-state index in [1.807, 2.05) is 18.2 Å². The summed E-state index contributed by atoms with van der Waals surface area (Å²) >= 11 is 0. The first-order valence-electron chi connectivity index (χ1n) is 15.6. The number of nitrogens with zero attached hydrogens (tertiary/aromatic N) is 3. The van der Waals surface area contributed by atoms with Crippen molar-refractivity contribution in [2.45, 2.75) is 85.5 Å². The molecule has 2 aliphatic carbocycles. The van der Waals surface area contributed by atoms with Gasteiger partial charge < -0.3 is 15.6 Å². The third-order valence-corrected chi connectivity index (χ3v) is 8.46. The third-order valence-electron chi connectivity index (χ3n) is 8.46. The minimum Gasteiger partial charge on any atom is -0.672 e. The summed E-state index contributed by atoms with van der Waals surface area (Å²) in [5.74, 6) is 1.41. The van der Waals surface area contributed by atoms with Gasteiger partial charge in [0.15, 0.2) is 0 Å². The monoisotopic (exact) mass is 749 g/mol. The summed E-state index contributed by atoms with van der Waals surface area (Å²) in [5, 5.41) is 11.9. The summed E-state index contributed by atoms with van der Waals surface area (Å²) < 4.78 is 0. The molecule has 3 aromatic rings. The molecule has 3 aliphatic rings. The van der Waals surface area contributed by atoms with E-state index in [1.54, 1.807) is 0 Å². The summed E-state index contributed by atoms with van der Waals surface area (Å²) in [6.07, 6.45) is 10.3. The molecule has 1 heterocycles. The molecule has 0 bridgehead atoms. The molecule has 0 amide bonds. The van der Waals surface area contributed by atoms with Crippen molar-refractivity contribution >= 4 is 16.5 Å². The zero-order valence-corrected chi connectivity index (χ0v) is 29.3. The van der Waals surface area contributed by atoms with Crippen molar-refractivity contribution < 1.29 is 20.1 Å². The van der Waals surface area contributed by atoms with Crippen LogP contribution in [-0.2, 0) is 25.5 Å². The molecule has 0 saturated carbocycles. The Morgan fingerprint density at radius 3 is 2.21 bits per heavy atom. The minimum atomic E-state index is -0.00815. The van der Waals surface area contributed by atoms with E-state index in [4.69, 9.17) is 4.99 Å². The fourth-order valence-electron chi connectivity index (χ4n) is 6.71. The number of hydrogen-bond acceptors (Lipinski definition) is 1. The van der Waals surface area contributed by atoms with Gasteiger partial charge in [-0.15, -0.1) is 41.2 Å². The Labute approximate surface area is 273 Å². The Morgan fingerprint density at radius 2 is 1.56 bits per heavy atom. The average molecular weight is 749 g/mol. The van der Waals surface area contributed by atoms with Crippen LogP contribution in [0.5, 0.6) is 0 Å². The van der Waals surface area contributed by atoms with E-state index in [9.17, 15) is 0 Å². The van der Waals surface area contributed by atoms with Crippen LogP contribution in [0.3, 0.4) is 0 Å². The Bertz CT molecular complexity index is 1510. The maximum atomic E-state index is 4.98. The molecule has 3 nitrogen and oxygen atoms in total. The van der Waals surface area contributed by atoms with E-state index in [0.29, 0.717) is 29.8 Å². The SMILES string of the molecule is CC(C)CC1=CC2C(=CN=C3c4[c-]ccc5cccc(c45)C(C)(C)C32)C=C1.CC(C)[N-]C([N-]C(C)C)c1ccccc1.[Ir+3]. The van der Waals surface area contributed by atoms with E-state index in [2.05, 4.69) is 139 Å². The molecular formula is C39H46IrN3. The van der Waals surface area contributed by atoms with Crippen molar-refractivity contribution in [2.75, 3.05) is 0 Å². The molecule has 0 spiro atoms. The summed E-state index contributed by atoms with van der Waals surface area (Å²) in [7, 11) is 0. The van der Waals surface area contributed by atoms with Crippen molar-refractivity contribution in [2.24, 2.45) is 22.7 Å². The Balaban J connectivity index is 0.000000228. The Kier molecular flexibility index (Phi) is 10.8. The maximum Gasteiger partial charge on any atom is 3.00 e. The van der Waals surface area contributed by atoms with Gasteiger partial charge in [-0.1, -0.05) is 144 Å². The Morgan fingerprint density at radius 1 is 0.860 bits per heavy atom. The topological polar surface area (TPSA) is 40.6 Å². The predicted octanol–water partition coefficient (Wildman–Crippen LogP) is 10.6. The number of aliphatic imine (C=N–C) groups is 1. The van der Waals surface area contributed by atoms with Crippen LogP contribution in [0.25, 0.3) is 21.4 Å². The van der Waals surface area contributed by atoms with Crippen LogP contribution >= 0.6 is 0 Å². The normalized spacial score (nSPS) is 19.7. The second kappa shape index (κ2) is 14.0. The summed E-state index contributed by atoms with van der Waals surface area (Å²) in [6, 6.07) is 25.4. The molecule has 226 valence electrons. The van der Waals surface area contributed by atoms with Crippen LogP contribution in [-0.4, -0.2) is 17.8 Å². The molecule has 0 N–H and O–H groups in total. The molecule has 2 atom stereocenters. The Hall–Kier alpha value is -2.62. The predicted molar refractivity (Wildman–Crippen MR) is 180 cm³/mol. The van der Waals surface area contributed by atoms with Crippen molar-refractivity contribution in [1.29, 1.82) is 0 Å². The fourth-order valence-corrected chi connectivity index (χ4v) is 6.71. The van der Waals surface area contributed by atoms with Gasteiger partial charge in [0.2, 0.25) is 0 Å².